The SMILES string of the molecule is CC(=O)N1CC(C(C)C)NCC1(C)C. The van der Waals surface area contributed by atoms with Crippen LogP contribution in [-0.2, 0) is 4.79 Å². The second-order valence-electron chi connectivity index (χ2n) is 5.17. The summed E-state index contributed by atoms with van der Waals surface area (Å²) < 4.78 is 0. The van der Waals surface area contributed by atoms with Crippen LogP contribution in [0.5, 0.6) is 0 Å². The molecule has 1 heterocycles. The van der Waals surface area contributed by atoms with E-state index in [9.17, 15) is 4.79 Å². The van der Waals surface area contributed by atoms with Crippen LogP contribution in [0.2, 0.25) is 0 Å². The minimum absolute atomic E-state index is 0.0444. The van der Waals surface area contributed by atoms with E-state index in [4.69, 9.17) is 0 Å². The summed E-state index contributed by atoms with van der Waals surface area (Å²) in [6, 6.07) is 0.437. The molecular weight excluding hydrogens is 176 g/mol. The predicted octanol–water partition coefficient (Wildman–Crippen LogP) is 1.24. The summed E-state index contributed by atoms with van der Waals surface area (Å²) in [6.45, 7) is 12.0. The number of piperazine rings is 1. The fourth-order valence-electron chi connectivity index (χ4n) is 1.99. The Morgan fingerprint density at radius 1 is 1.50 bits per heavy atom. The van der Waals surface area contributed by atoms with Gasteiger partial charge in [0.25, 0.3) is 0 Å². The second-order valence-corrected chi connectivity index (χ2v) is 5.17. The van der Waals surface area contributed by atoms with Crippen molar-refractivity contribution in [1.82, 2.24) is 10.2 Å². The molecule has 1 saturated heterocycles. The van der Waals surface area contributed by atoms with E-state index in [0.717, 1.165) is 13.1 Å². The summed E-state index contributed by atoms with van der Waals surface area (Å²) in [4.78, 5) is 13.5. The van der Waals surface area contributed by atoms with E-state index in [1.165, 1.54) is 0 Å². The number of nitrogens with zero attached hydrogens (tertiary/aromatic N) is 1. The van der Waals surface area contributed by atoms with Gasteiger partial charge in [0.15, 0.2) is 0 Å². The van der Waals surface area contributed by atoms with Crippen LogP contribution in [0.1, 0.15) is 34.6 Å². The van der Waals surface area contributed by atoms with Crippen LogP contribution in [-0.4, -0.2) is 35.5 Å². The summed E-state index contributed by atoms with van der Waals surface area (Å²) in [7, 11) is 0. The fourth-order valence-corrected chi connectivity index (χ4v) is 1.99. The van der Waals surface area contributed by atoms with Gasteiger partial charge in [-0.25, -0.2) is 0 Å². The first-order valence-electron chi connectivity index (χ1n) is 5.36. The van der Waals surface area contributed by atoms with Gasteiger partial charge in [-0.2, -0.15) is 0 Å². The molecule has 0 radical (unpaired) electrons. The number of carbonyl (C=O) groups is 1. The highest BCUT2D eigenvalue weighted by molar-refractivity contribution is 5.74. The van der Waals surface area contributed by atoms with E-state index >= 15 is 0 Å². The number of hydrogen-bond acceptors (Lipinski definition) is 2. The van der Waals surface area contributed by atoms with Crippen molar-refractivity contribution in [3.05, 3.63) is 0 Å². The van der Waals surface area contributed by atoms with Gasteiger partial charge in [0, 0.05) is 31.6 Å². The van der Waals surface area contributed by atoms with Crippen LogP contribution in [0.25, 0.3) is 0 Å². The van der Waals surface area contributed by atoms with E-state index in [0.29, 0.717) is 12.0 Å². The zero-order valence-electron chi connectivity index (χ0n) is 9.92. The van der Waals surface area contributed by atoms with Crippen molar-refractivity contribution in [1.29, 1.82) is 0 Å². The number of hydrogen-bond donors (Lipinski definition) is 1. The zero-order valence-corrected chi connectivity index (χ0v) is 9.92. The molecule has 0 aromatic carbocycles. The molecule has 1 atom stereocenters. The van der Waals surface area contributed by atoms with Crippen molar-refractivity contribution in [3.8, 4) is 0 Å². The van der Waals surface area contributed by atoms with Gasteiger partial charge < -0.3 is 10.2 Å². The third kappa shape index (κ3) is 2.27. The van der Waals surface area contributed by atoms with E-state index < -0.39 is 0 Å². The third-order valence-corrected chi connectivity index (χ3v) is 3.09. The van der Waals surface area contributed by atoms with Gasteiger partial charge in [0.1, 0.15) is 0 Å². The van der Waals surface area contributed by atoms with Crippen molar-refractivity contribution >= 4 is 5.91 Å². The van der Waals surface area contributed by atoms with Gasteiger partial charge >= 0.3 is 0 Å². The highest BCUT2D eigenvalue weighted by atomic mass is 16.2. The molecule has 1 N–H and O–H groups in total. The lowest BCUT2D eigenvalue weighted by atomic mass is 9.93. The van der Waals surface area contributed by atoms with Gasteiger partial charge in [0.05, 0.1) is 0 Å². The molecule has 1 amide bonds. The summed E-state index contributed by atoms with van der Waals surface area (Å²) in [5.74, 6) is 0.759. The maximum Gasteiger partial charge on any atom is 0.219 e. The van der Waals surface area contributed by atoms with Gasteiger partial charge in [-0.15, -0.1) is 0 Å². The van der Waals surface area contributed by atoms with E-state index in [-0.39, 0.29) is 11.4 Å². The molecule has 1 aliphatic rings. The summed E-state index contributed by atoms with van der Waals surface area (Å²) in [5.41, 5.74) is -0.0444. The lowest BCUT2D eigenvalue weighted by molar-refractivity contribution is -0.136. The summed E-state index contributed by atoms with van der Waals surface area (Å²) in [5, 5.41) is 3.50. The normalized spacial score (nSPS) is 26.7. The lowest BCUT2D eigenvalue weighted by Gasteiger charge is -2.46. The molecule has 82 valence electrons. The third-order valence-electron chi connectivity index (χ3n) is 3.09. The molecule has 1 fully saturated rings. The van der Waals surface area contributed by atoms with Crippen molar-refractivity contribution in [2.45, 2.75) is 46.2 Å². The van der Waals surface area contributed by atoms with E-state index in [1.54, 1.807) is 6.92 Å². The molecule has 3 heteroatoms. The summed E-state index contributed by atoms with van der Waals surface area (Å²) >= 11 is 0. The Kier molecular flexibility index (Phi) is 3.20. The van der Waals surface area contributed by atoms with Gasteiger partial charge in [0.2, 0.25) is 5.91 Å². The first kappa shape index (κ1) is 11.5. The summed E-state index contributed by atoms with van der Waals surface area (Å²) in [6.07, 6.45) is 0. The van der Waals surface area contributed by atoms with Crippen LogP contribution in [0.15, 0.2) is 0 Å². The predicted molar refractivity (Wildman–Crippen MR) is 58.1 cm³/mol. The fraction of sp³-hybridized carbons (Fsp3) is 0.909. The van der Waals surface area contributed by atoms with Crippen LogP contribution < -0.4 is 5.32 Å². The minimum atomic E-state index is -0.0444. The molecule has 0 aromatic rings. The Bertz CT molecular complexity index is 223. The van der Waals surface area contributed by atoms with Crippen molar-refractivity contribution in [2.75, 3.05) is 13.1 Å². The molecule has 0 spiro atoms. The van der Waals surface area contributed by atoms with Crippen LogP contribution >= 0.6 is 0 Å². The van der Waals surface area contributed by atoms with Gasteiger partial charge in [-0.05, 0) is 19.8 Å². The number of nitrogens with one attached hydrogen (secondary N) is 1. The topological polar surface area (TPSA) is 32.3 Å². The Morgan fingerprint density at radius 3 is 2.50 bits per heavy atom. The average Bonchev–Trinajstić information content (AvgIpc) is 2.02. The van der Waals surface area contributed by atoms with Crippen LogP contribution in [0.3, 0.4) is 0 Å². The molecule has 0 aliphatic carbocycles. The van der Waals surface area contributed by atoms with E-state index in [2.05, 4.69) is 33.0 Å². The minimum Gasteiger partial charge on any atom is -0.335 e. The highest BCUT2D eigenvalue weighted by Gasteiger charge is 2.36. The standard InChI is InChI=1S/C11H22N2O/c1-8(2)10-6-13(9(3)14)11(4,5)7-12-10/h8,10,12H,6-7H2,1-5H3. The molecule has 3 nitrogen and oxygen atoms in total. The quantitative estimate of drug-likeness (QED) is 0.687. The number of amides is 1. The Balaban J connectivity index is 2.73. The van der Waals surface area contributed by atoms with Crippen molar-refractivity contribution in [2.24, 2.45) is 5.92 Å². The lowest BCUT2D eigenvalue weighted by Crippen LogP contribution is -2.64. The monoisotopic (exact) mass is 198 g/mol. The maximum absolute atomic E-state index is 11.5. The highest BCUT2D eigenvalue weighted by Crippen LogP contribution is 2.21. The number of rotatable bonds is 1. The van der Waals surface area contributed by atoms with Crippen molar-refractivity contribution < 1.29 is 4.79 Å². The second kappa shape index (κ2) is 3.89. The molecule has 1 rings (SSSR count). The number of carbonyl (C=O) groups excluding carboxylic acids is 1. The van der Waals surface area contributed by atoms with Crippen LogP contribution in [0, 0.1) is 5.92 Å². The largest absolute Gasteiger partial charge is 0.335 e. The molecular formula is C11H22N2O. The zero-order chi connectivity index (χ0) is 10.9. The molecule has 1 unspecified atom stereocenters. The Labute approximate surface area is 86.9 Å². The van der Waals surface area contributed by atoms with Crippen molar-refractivity contribution in [3.63, 3.8) is 0 Å². The molecule has 14 heavy (non-hydrogen) atoms. The Morgan fingerprint density at radius 2 is 2.07 bits per heavy atom. The maximum atomic E-state index is 11.5. The van der Waals surface area contributed by atoms with Crippen LogP contribution in [0.4, 0.5) is 0 Å². The molecule has 0 saturated carbocycles. The molecule has 0 bridgehead atoms. The van der Waals surface area contributed by atoms with Gasteiger partial charge in [-0.1, -0.05) is 13.8 Å². The first-order valence-corrected chi connectivity index (χ1v) is 5.36. The van der Waals surface area contributed by atoms with Gasteiger partial charge in [-0.3, -0.25) is 4.79 Å². The van der Waals surface area contributed by atoms with E-state index in [1.807, 2.05) is 4.90 Å². The smallest absolute Gasteiger partial charge is 0.219 e. The first-order chi connectivity index (χ1) is 6.34. The Hall–Kier alpha value is -0.570. The average molecular weight is 198 g/mol. The molecule has 1 aliphatic heterocycles. The molecule has 0 aromatic heterocycles.